The second-order valence-electron chi connectivity index (χ2n) is 9.52. The fourth-order valence-electron chi connectivity index (χ4n) is 3.52. The molecular formula is C20H30N8O2. The summed E-state index contributed by atoms with van der Waals surface area (Å²) in [5, 5.41) is 15.1. The number of hydrogen-bond donors (Lipinski definition) is 2. The van der Waals surface area contributed by atoms with Crippen LogP contribution in [0.1, 0.15) is 52.0 Å². The van der Waals surface area contributed by atoms with Crippen molar-refractivity contribution in [3.8, 4) is 0 Å². The molecule has 10 nitrogen and oxygen atoms in total. The molecule has 3 N–H and O–H groups in total. The van der Waals surface area contributed by atoms with Gasteiger partial charge in [-0.2, -0.15) is 4.80 Å². The van der Waals surface area contributed by atoms with Crippen LogP contribution >= 0.6 is 0 Å². The average Bonchev–Trinajstić information content (AvgIpc) is 3.13. The summed E-state index contributed by atoms with van der Waals surface area (Å²) in [5.74, 6) is 0.384. The number of nitrogens with zero attached hydrogens (tertiary/aromatic N) is 6. The van der Waals surface area contributed by atoms with Crippen molar-refractivity contribution in [1.82, 2.24) is 34.7 Å². The van der Waals surface area contributed by atoms with Crippen molar-refractivity contribution in [2.24, 2.45) is 18.2 Å². The molecule has 1 amide bonds. The number of para-hydroxylation sites is 1. The molecule has 3 aromatic rings. The predicted octanol–water partition coefficient (Wildman–Crippen LogP) is 1.72. The van der Waals surface area contributed by atoms with Crippen molar-refractivity contribution >= 4 is 17.1 Å². The van der Waals surface area contributed by atoms with Crippen LogP contribution in [0, 0.1) is 12.3 Å². The molecule has 1 unspecified atom stereocenters. The minimum Gasteiger partial charge on any atom is -0.327 e. The van der Waals surface area contributed by atoms with Gasteiger partial charge < -0.3 is 11.1 Å². The number of hydrogen-bond acceptors (Lipinski definition) is 6. The number of tetrazole rings is 1. The van der Waals surface area contributed by atoms with Gasteiger partial charge in [-0.05, 0) is 43.0 Å². The maximum atomic E-state index is 13.3. The van der Waals surface area contributed by atoms with Gasteiger partial charge in [0.2, 0.25) is 0 Å². The number of aryl methyl sites for hydroxylation is 2. The molecule has 0 aliphatic rings. The molecule has 0 spiro atoms. The molecule has 2 aromatic heterocycles. The maximum absolute atomic E-state index is 13.3. The second kappa shape index (κ2) is 7.35. The largest absolute Gasteiger partial charge is 0.337 e. The van der Waals surface area contributed by atoms with Crippen molar-refractivity contribution < 1.29 is 4.79 Å². The van der Waals surface area contributed by atoms with E-state index in [0.29, 0.717) is 16.9 Å². The molecular weight excluding hydrogens is 384 g/mol. The Hall–Kier alpha value is -3.01. The highest BCUT2D eigenvalue weighted by atomic mass is 16.2. The lowest BCUT2D eigenvalue weighted by atomic mass is 9.86. The Morgan fingerprint density at radius 2 is 1.90 bits per heavy atom. The van der Waals surface area contributed by atoms with Gasteiger partial charge in [0.1, 0.15) is 0 Å². The summed E-state index contributed by atoms with van der Waals surface area (Å²) < 4.78 is 2.72. The van der Waals surface area contributed by atoms with Crippen LogP contribution in [0.25, 0.3) is 11.0 Å². The zero-order valence-electron chi connectivity index (χ0n) is 18.6. The van der Waals surface area contributed by atoms with Gasteiger partial charge in [-0.25, -0.2) is 14.2 Å². The number of carbonyl (C=O) groups excluding carboxylic acids is 1. The van der Waals surface area contributed by atoms with Crippen molar-refractivity contribution in [2.75, 3.05) is 0 Å². The van der Waals surface area contributed by atoms with Gasteiger partial charge >= 0.3 is 11.7 Å². The van der Waals surface area contributed by atoms with E-state index < -0.39 is 28.7 Å². The smallest absolute Gasteiger partial charge is 0.327 e. The molecule has 0 aliphatic carbocycles. The van der Waals surface area contributed by atoms with Gasteiger partial charge in [-0.3, -0.25) is 4.57 Å². The highest BCUT2D eigenvalue weighted by Gasteiger charge is 2.33. The molecule has 1 atom stereocenters. The highest BCUT2D eigenvalue weighted by Crippen LogP contribution is 2.30. The summed E-state index contributed by atoms with van der Waals surface area (Å²) in [6.45, 7) is 11.8. The Balaban J connectivity index is 2.12. The molecule has 162 valence electrons. The molecule has 0 saturated heterocycles. The zero-order valence-corrected chi connectivity index (χ0v) is 18.6. The lowest BCUT2D eigenvalue weighted by Gasteiger charge is -2.28. The fourth-order valence-corrected chi connectivity index (χ4v) is 3.52. The number of amides is 1. The summed E-state index contributed by atoms with van der Waals surface area (Å²) in [7, 11) is 1.66. The Morgan fingerprint density at radius 1 is 1.23 bits per heavy atom. The fraction of sp³-hybridized carbons (Fsp3) is 0.550. The average molecular weight is 415 g/mol. The zero-order chi connectivity index (χ0) is 22.4. The van der Waals surface area contributed by atoms with Crippen molar-refractivity contribution in [1.29, 1.82) is 0 Å². The van der Waals surface area contributed by atoms with Crippen LogP contribution in [0.5, 0.6) is 0 Å². The molecule has 0 saturated carbocycles. The first-order chi connectivity index (χ1) is 13.8. The van der Waals surface area contributed by atoms with E-state index in [-0.39, 0.29) is 6.54 Å². The van der Waals surface area contributed by atoms with E-state index in [2.05, 4.69) is 20.7 Å². The van der Waals surface area contributed by atoms with Gasteiger partial charge in [0.25, 0.3) is 0 Å². The van der Waals surface area contributed by atoms with E-state index in [1.807, 2.05) is 53.7 Å². The van der Waals surface area contributed by atoms with Gasteiger partial charge in [0, 0.05) is 12.1 Å². The topological polar surface area (TPSA) is 126 Å². The van der Waals surface area contributed by atoms with Crippen LogP contribution in [0.3, 0.4) is 0 Å². The van der Waals surface area contributed by atoms with Crippen LogP contribution in [-0.2, 0) is 13.6 Å². The van der Waals surface area contributed by atoms with E-state index >= 15 is 0 Å². The summed E-state index contributed by atoms with van der Waals surface area (Å²) in [6.07, 6.45) is 0. The molecule has 10 heteroatoms. The molecule has 0 radical (unpaired) electrons. The number of benzene rings is 1. The van der Waals surface area contributed by atoms with Gasteiger partial charge in [-0.1, -0.05) is 32.9 Å². The second-order valence-corrected chi connectivity index (χ2v) is 9.52. The summed E-state index contributed by atoms with van der Waals surface area (Å²) in [4.78, 5) is 28.0. The highest BCUT2D eigenvalue weighted by molar-refractivity contribution is 5.91. The standard InChI is InChI=1S/C20H30N8O2/c1-12-9-8-10-13-14(12)27(11-20(5,6)21)18(30)28(13)17(29)22-15(19(2,3)4)16-23-25-26(7)24-16/h8-10,15H,11,21H2,1-7H3,(H,22,29). The maximum Gasteiger partial charge on any atom is 0.337 e. The minimum atomic E-state index is -0.626. The summed E-state index contributed by atoms with van der Waals surface area (Å²) in [5.41, 5.74) is 6.83. The van der Waals surface area contributed by atoms with Crippen LogP contribution in [0.2, 0.25) is 0 Å². The van der Waals surface area contributed by atoms with Crippen molar-refractivity contribution in [3.63, 3.8) is 0 Å². The Kier molecular flexibility index (Phi) is 5.32. The lowest BCUT2D eigenvalue weighted by molar-refractivity contribution is 0.216. The molecule has 0 fully saturated rings. The lowest BCUT2D eigenvalue weighted by Crippen LogP contribution is -2.45. The summed E-state index contributed by atoms with van der Waals surface area (Å²) >= 11 is 0. The molecule has 3 rings (SSSR count). The molecule has 30 heavy (non-hydrogen) atoms. The first-order valence-electron chi connectivity index (χ1n) is 9.84. The first kappa shape index (κ1) is 21.7. The Bertz CT molecular complexity index is 1140. The molecule has 0 aliphatic heterocycles. The molecule has 0 bridgehead atoms. The number of carbonyl (C=O) groups is 1. The first-order valence-corrected chi connectivity index (χ1v) is 9.84. The number of nitrogens with one attached hydrogen (secondary N) is 1. The van der Waals surface area contributed by atoms with Crippen molar-refractivity contribution in [2.45, 2.75) is 59.7 Å². The Morgan fingerprint density at radius 3 is 2.43 bits per heavy atom. The van der Waals surface area contributed by atoms with Crippen molar-refractivity contribution in [3.05, 3.63) is 40.1 Å². The van der Waals surface area contributed by atoms with Crippen LogP contribution in [-0.4, -0.2) is 40.9 Å². The van der Waals surface area contributed by atoms with Gasteiger partial charge in [-0.15, -0.1) is 10.2 Å². The summed E-state index contributed by atoms with van der Waals surface area (Å²) in [6, 6.07) is 4.41. The van der Waals surface area contributed by atoms with E-state index in [9.17, 15) is 9.59 Å². The quantitative estimate of drug-likeness (QED) is 0.669. The van der Waals surface area contributed by atoms with Gasteiger partial charge in [0.05, 0.1) is 24.1 Å². The van der Waals surface area contributed by atoms with E-state index in [1.165, 1.54) is 4.80 Å². The SMILES string of the molecule is Cc1cccc2c1n(CC(C)(C)N)c(=O)n2C(=O)NC(c1nnn(C)n1)C(C)(C)C. The normalized spacial score (nSPS) is 13.6. The monoisotopic (exact) mass is 414 g/mol. The molecule has 1 aromatic carbocycles. The van der Waals surface area contributed by atoms with Crippen LogP contribution < -0.4 is 16.7 Å². The Labute approximate surface area is 175 Å². The predicted molar refractivity (Wildman–Crippen MR) is 114 cm³/mol. The molecule has 2 heterocycles. The van der Waals surface area contributed by atoms with Gasteiger partial charge in [0.15, 0.2) is 5.82 Å². The number of aromatic nitrogens is 6. The minimum absolute atomic E-state index is 0.280. The third-order valence-corrected chi connectivity index (χ3v) is 4.83. The number of fused-ring (bicyclic) bond motifs is 1. The van der Waals surface area contributed by atoms with Crippen LogP contribution in [0.15, 0.2) is 23.0 Å². The van der Waals surface area contributed by atoms with E-state index in [1.54, 1.807) is 17.7 Å². The third kappa shape index (κ3) is 4.13. The number of imidazole rings is 1. The number of rotatable bonds is 4. The van der Waals surface area contributed by atoms with Crippen LogP contribution in [0.4, 0.5) is 4.79 Å². The third-order valence-electron chi connectivity index (χ3n) is 4.83. The number of nitrogens with two attached hydrogens (primary N) is 1. The van der Waals surface area contributed by atoms with E-state index in [4.69, 9.17) is 5.73 Å². The van der Waals surface area contributed by atoms with E-state index in [0.717, 1.165) is 10.1 Å².